The van der Waals surface area contributed by atoms with Crippen LogP contribution in [0, 0.1) is 0 Å². The summed E-state index contributed by atoms with van der Waals surface area (Å²) < 4.78 is 0. The third-order valence-corrected chi connectivity index (χ3v) is 4.30. The first-order chi connectivity index (χ1) is 10.6. The molecule has 1 aliphatic heterocycles. The molecular weight excluding hydrogens is 302 g/mol. The lowest BCUT2D eigenvalue weighted by molar-refractivity contribution is 0.0935. The van der Waals surface area contributed by atoms with E-state index in [4.69, 9.17) is 11.6 Å². The van der Waals surface area contributed by atoms with Crippen LogP contribution in [0.3, 0.4) is 0 Å². The zero-order chi connectivity index (χ0) is 15.5. The van der Waals surface area contributed by atoms with Gasteiger partial charge < -0.3 is 10.6 Å². The number of carbonyl (C=O) groups excluding carboxylic acids is 2. The van der Waals surface area contributed by atoms with Gasteiger partial charge in [-0.3, -0.25) is 9.69 Å². The van der Waals surface area contributed by atoms with Gasteiger partial charge in [0.1, 0.15) is 0 Å². The minimum absolute atomic E-state index is 0.146. The lowest BCUT2D eigenvalue weighted by Crippen LogP contribution is -2.35. The zero-order valence-electron chi connectivity index (χ0n) is 12.1. The van der Waals surface area contributed by atoms with Crippen LogP contribution in [0.25, 0.3) is 0 Å². The van der Waals surface area contributed by atoms with E-state index in [1.807, 2.05) is 0 Å². The van der Waals surface area contributed by atoms with Crippen molar-refractivity contribution >= 4 is 29.2 Å². The van der Waals surface area contributed by atoms with Gasteiger partial charge in [0.25, 0.3) is 5.91 Å². The van der Waals surface area contributed by atoms with Crippen LogP contribution in [0.4, 0.5) is 10.5 Å². The quantitative estimate of drug-likeness (QED) is 0.841. The van der Waals surface area contributed by atoms with E-state index in [0.717, 1.165) is 19.3 Å². The molecule has 3 amide bonds. The number of carbonyl (C=O) groups is 2. The van der Waals surface area contributed by atoms with E-state index in [1.54, 1.807) is 23.1 Å². The molecule has 0 saturated carbocycles. The fourth-order valence-corrected chi connectivity index (χ4v) is 2.96. The monoisotopic (exact) mass is 319 g/mol. The number of allylic oxidation sites excluding steroid dienone is 1. The second-order valence-electron chi connectivity index (χ2n) is 5.50. The van der Waals surface area contributed by atoms with Gasteiger partial charge in [-0.05, 0) is 37.5 Å². The van der Waals surface area contributed by atoms with Gasteiger partial charge in [0.2, 0.25) is 0 Å². The SMILES string of the molecule is O=C(NC1CC=CCC1)c1cc(N2CCNC2=O)ccc1Cl. The van der Waals surface area contributed by atoms with Crippen LogP contribution in [0.2, 0.25) is 5.02 Å². The fourth-order valence-electron chi connectivity index (χ4n) is 2.76. The summed E-state index contributed by atoms with van der Waals surface area (Å²) in [5.74, 6) is -0.188. The van der Waals surface area contributed by atoms with Crippen molar-refractivity contribution in [1.29, 1.82) is 0 Å². The third-order valence-electron chi connectivity index (χ3n) is 3.97. The summed E-state index contributed by atoms with van der Waals surface area (Å²) in [5.41, 5.74) is 1.10. The van der Waals surface area contributed by atoms with Crippen molar-refractivity contribution < 1.29 is 9.59 Å². The molecule has 0 spiro atoms. The van der Waals surface area contributed by atoms with E-state index in [-0.39, 0.29) is 18.0 Å². The topological polar surface area (TPSA) is 61.4 Å². The Morgan fingerprint density at radius 3 is 2.91 bits per heavy atom. The third kappa shape index (κ3) is 3.09. The van der Waals surface area contributed by atoms with Crippen LogP contribution in [0.5, 0.6) is 0 Å². The lowest BCUT2D eigenvalue weighted by atomic mass is 10.0. The Hall–Kier alpha value is -2.01. The fraction of sp³-hybridized carbons (Fsp3) is 0.375. The second kappa shape index (κ2) is 6.40. The molecule has 0 aromatic heterocycles. The minimum Gasteiger partial charge on any atom is -0.349 e. The highest BCUT2D eigenvalue weighted by molar-refractivity contribution is 6.34. The molecule has 22 heavy (non-hydrogen) atoms. The van der Waals surface area contributed by atoms with Gasteiger partial charge in [0.05, 0.1) is 10.6 Å². The Labute approximate surface area is 134 Å². The van der Waals surface area contributed by atoms with Crippen molar-refractivity contribution in [3.05, 3.63) is 40.9 Å². The molecular formula is C16H18ClN3O2. The number of amides is 3. The predicted octanol–water partition coefficient (Wildman–Crippen LogP) is 2.71. The van der Waals surface area contributed by atoms with E-state index in [0.29, 0.717) is 29.4 Å². The van der Waals surface area contributed by atoms with Crippen LogP contribution in [0.15, 0.2) is 30.4 Å². The number of rotatable bonds is 3. The lowest BCUT2D eigenvalue weighted by Gasteiger charge is -2.20. The number of anilines is 1. The zero-order valence-corrected chi connectivity index (χ0v) is 12.9. The summed E-state index contributed by atoms with van der Waals surface area (Å²) in [6.45, 7) is 1.20. The Kier molecular flexibility index (Phi) is 4.34. The number of halogens is 1. The van der Waals surface area contributed by atoms with Crippen LogP contribution >= 0.6 is 11.6 Å². The van der Waals surface area contributed by atoms with Crippen molar-refractivity contribution in [3.8, 4) is 0 Å². The smallest absolute Gasteiger partial charge is 0.321 e. The maximum Gasteiger partial charge on any atom is 0.321 e. The molecule has 1 heterocycles. The largest absolute Gasteiger partial charge is 0.349 e. The Morgan fingerprint density at radius 1 is 1.36 bits per heavy atom. The van der Waals surface area contributed by atoms with Crippen LogP contribution in [0.1, 0.15) is 29.6 Å². The van der Waals surface area contributed by atoms with Gasteiger partial charge in [-0.25, -0.2) is 4.79 Å². The van der Waals surface area contributed by atoms with Gasteiger partial charge in [-0.2, -0.15) is 0 Å². The van der Waals surface area contributed by atoms with Gasteiger partial charge >= 0.3 is 6.03 Å². The van der Waals surface area contributed by atoms with E-state index in [2.05, 4.69) is 22.8 Å². The van der Waals surface area contributed by atoms with Crippen molar-refractivity contribution in [2.24, 2.45) is 0 Å². The van der Waals surface area contributed by atoms with Gasteiger partial charge in [-0.1, -0.05) is 23.8 Å². The van der Waals surface area contributed by atoms with Crippen molar-refractivity contribution in [3.63, 3.8) is 0 Å². The van der Waals surface area contributed by atoms with Gasteiger partial charge in [-0.15, -0.1) is 0 Å². The van der Waals surface area contributed by atoms with E-state index < -0.39 is 0 Å². The van der Waals surface area contributed by atoms with E-state index >= 15 is 0 Å². The summed E-state index contributed by atoms with van der Waals surface area (Å²) in [7, 11) is 0. The molecule has 1 atom stereocenters. The van der Waals surface area contributed by atoms with Gasteiger partial charge in [0, 0.05) is 24.8 Å². The molecule has 0 radical (unpaired) electrons. The van der Waals surface area contributed by atoms with Crippen LogP contribution < -0.4 is 15.5 Å². The second-order valence-corrected chi connectivity index (χ2v) is 5.91. The molecule has 1 unspecified atom stereocenters. The number of hydrogen-bond donors (Lipinski definition) is 2. The Morgan fingerprint density at radius 2 is 2.23 bits per heavy atom. The molecule has 1 aromatic carbocycles. The minimum atomic E-state index is -0.188. The Balaban J connectivity index is 1.78. The molecule has 5 nitrogen and oxygen atoms in total. The Bertz CT molecular complexity index is 630. The molecule has 1 saturated heterocycles. The predicted molar refractivity (Wildman–Crippen MR) is 86.4 cm³/mol. The number of nitrogens with zero attached hydrogens (tertiary/aromatic N) is 1. The summed E-state index contributed by atoms with van der Waals surface area (Å²) in [5, 5.41) is 6.15. The first-order valence-electron chi connectivity index (χ1n) is 7.46. The average Bonchev–Trinajstić information content (AvgIpc) is 2.95. The summed E-state index contributed by atoms with van der Waals surface area (Å²) in [4.78, 5) is 25.8. The van der Waals surface area contributed by atoms with Gasteiger partial charge in [0.15, 0.2) is 0 Å². The molecule has 2 aliphatic rings. The highest BCUT2D eigenvalue weighted by Gasteiger charge is 2.23. The normalized spacial score (nSPS) is 20.9. The molecule has 1 aliphatic carbocycles. The molecule has 116 valence electrons. The first kappa shape index (κ1) is 14.9. The molecule has 0 bridgehead atoms. The van der Waals surface area contributed by atoms with E-state index in [1.165, 1.54) is 0 Å². The average molecular weight is 320 g/mol. The number of hydrogen-bond acceptors (Lipinski definition) is 2. The number of nitrogens with one attached hydrogen (secondary N) is 2. The van der Waals surface area contributed by atoms with E-state index in [9.17, 15) is 9.59 Å². The maximum atomic E-state index is 12.4. The molecule has 6 heteroatoms. The molecule has 2 N–H and O–H groups in total. The highest BCUT2D eigenvalue weighted by atomic mass is 35.5. The van der Waals surface area contributed by atoms with Crippen molar-refractivity contribution in [2.45, 2.75) is 25.3 Å². The highest BCUT2D eigenvalue weighted by Crippen LogP contribution is 2.25. The standard InChI is InChI=1S/C16H18ClN3O2/c17-14-7-6-12(20-9-8-18-16(20)22)10-13(14)15(21)19-11-4-2-1-3-5-11/h1-2,6-7,10-11H,3-5,8-9H2,(H,18,22)(H,19,21). The van der Waals surface area contributed by atoms with Crippen LogP contribution in [-0.2, 0) is 0 Å². The summed E-state index contributed by atoms with van der Waals surface area (Å²) in [6, 6.07) is 5.10. The summed E-state index contributed by atoms with van der Waals surface area (Å²) >= 11 is 6.16. The maximum absolute atomic E-state index is 12.4. The van der Waals surface area contributed by atoms with Crippen molar-refractivity contribution in [2.75, 3.05) is 18.0 Å². The molecule has 1 fully saturated rings. The number of urea groups is 1. The number of benzene rings is 1. The molecule has 1 aromatic rings. The van der Waals surface area contributed by atoms with Crippen molar-refractivity contribution in [1.82, 2.24) is 10.6 Å². The summed E-state index contributed by atoms with van der Waals surface area (Å²) in [6.07, 6.45) is 6.97. The van der Waals surface area contributed by atoms with Crippen LogP contribution in [-0.4, -0.2) is 31.1 Å². The molecule has 3 rings (SSSR count). The first-order valence-corrected chi connectivity index (χ1v) is 7.84.